The summed E-state index contributed by atoms with van der Waals surface area (Å²) in [5, 5.41) is 9.34. The van der Waals surface area contributed by atoms with Crippen molar-refractivity contribution in [1.29, 1.82) is 5.26 Å². The summed E-state index contributed by atoms with van der Waals surface area (Å²) < 4.78 is 15.2. The maximum absolute atomic E-state index is 11.6. The van der Waals surface area contributed by atoms with Gasteiger partial charge in [0.2, 0.25) is 6.79 Å². The van der Waals surface area contributed by atoms with Gasteiger partial charge in [-0.15, -0.1) is 0 Å². The summed E-state index contributed by atoms with van der Waals surface area (Å²) in [6.45, 7) is 3.56. The van der Waals surface area contributed by atoms with Crippen LogP contribution in [0.25, 0.3) is 6.08 Å². The van der Waals surface area contributed by atoms with Crippen LogP contribution in [0, 0.1) is 11.3 Å². The van der Waals surface area contributed by atoms with Gasteiger partial charge in [0, 0.05) is 0 Å². The quantitative estimate of drug-likeness (QED) is 0.369. The number of esters is 1. The second-order valence-electron chi connectivity index (χ2n) is 3.79. The number of carbonyl (C=O) groups is 1. The molecule has 0 saturated carbocycles. The lowest BCUT2D eigenvalue weighted by molar-refractivity contribution is -0.137. The molecule has 0 amide bonds. The molecule has 1 heterocycles. The molecule has 1 aromatic carbocycles. The fourth-order valence-electron chi connectivity index (χ4n) is 1.59. The zero-order valence-electron chi connectivity index (χ0n) is 10.4. The number of nitriles is 1. The number of fused-ring (bicyclic) bond motifs is 1. The molecule has 0 atom stereocenters. The minimum absolute atomic E-state index is 0.0414. The lowest BCUT2D eigenvalue weighted by atomic mass is 10.1. The molecule has 0 unspecified atom stereocenters. The van der Waals surface area contributed by atoms with Gasteiger partial charge in [-0.25, -0.2) is 4.79 Å². The van der Waals surface area contributed by atoms with E-state index >= 15 is 0 Å². The highest BCUT2D eigenvalue weighted by Gasteiger charge is 2.18. The van der Waals surface area contributed by atoms with E-state index in [1.165, 1.54) is 12.2 Å². The van der Waals surface area contributed by atoms with Crippen molar-refractivity contribution in [3.63, 3.8) is 0 Å². The molecule has 0 N–H and O–H groups in total. The first-order chi connectivity index (χ1) is 9.65. The third-order valence-electron chi connectivity index (χ3n) is 2.43. The van der Waals surface area contributed by atoms with Gasteiger partial charge < -0.3 is 14.2 Å². The van der Waals surface area contributed by atoms with Crippen LogP contribution in [0.2, 0.25) is 5.02 Å². The van der Waals surface area contributed by atoms with Crippen LogP contribution in [0.4, 0.5) is 0 Å². The first kappa shape index (κ1) is 14.0. The Labute approximate surface area is 120 Å². The number of ether oxygens (including phenoxy) is 3. The Hall–Kier alpha value is -2.45. The Kier molecular flexibility index (Phi) is 4.28. The maximum atomic E-state index is 11.6. The minimum atomic E-state index is -0.721. The monoisotopic (exact) mass is 291 g/mol. The molecule has 0 aliphatic carbocycles. The topological polar surface area (TPSA) is 68.6 Å². The number of rotatable bonds is 4. The van der Waals surface area contributed by atoms with E-state index < -0.39 is 5.97 Å². The van der Waals surface area contributed by atoms with Crippen LogP contribution >= 0.6 is 11.6 Å². The molecule has 0 radical (unpaired) electrons. The number of hydrogen-bond acceptors (Lipinski definition) is 5. The predicted molar refractivity (Wildman–Crippen MR) is 72.3 cm³/mol. The van der Waals surface area contributed by atoms with Crippen LogP contribution in [0.1, 0.15) is 5.56 Å². The Morgan fingerprint density at radius 3 is 3.05 bits per heavy atom. The average Bonchev–Trinajstić information content (AvgIpc) is 2.91. The molecule has 1 aromatic rings. The average molecular weight is 292 g/mol. The second kappa shape index (κ2) is 6.13. The van der Waals surface area contributed by atoms with Gasteiger partial charge in [-0.2, -0.15) is 5.26 Å². The molecule has 0 spiro atoms. The normalized spacial score (nSPS) is 12.7. The van der Waals surface area contributed by atoms with Crippen LogP contribution < -0.4 is 9.47 Å². The molecule has 2 rings (SSSR count). The lowest BCUT2D eigenvalue weighted by Crippen LogP contribution is -2.06. The molecule has 0 fully saturated rings. The highest BCUT2D eigenvalue weighted by molar-refractivity contribution is 6.32. The van der Waals surface area contributed by atoms with E-state index in [0.29, 0.717) is 22.1 Å². The summed E-state index contributed by atoms with van der Waals surface area (Å²) in [5.74, 6) is 0.207. The largest absolute Gasteiger partial charge is 0.457 e. The van der Waals surface area contributed by atoms with Gasteiger partial charge in [-0.3, -0.25) is 0 Å². The van der Waals surface area contributed by atoms with E-state index in [4.69, 9.17) is 31.1 Å². The number of halogens is 1. The smallest absolute Gasteiger partial charge is 0.349 e. The molecule has 5 nitrogen and oxygen atoms in total. The molecular formula is C14H10ClNO4. The van der Waals surface area contributed by atoms with Crippen molar-refractivity contribution in [2.24, 2.45) is 0 Å². The number of hydrogen-bond donors (Lipinski definition) is 0. The second-order valence-corrected chi connectivity index (χ2v) is 4.20. The van der Waals surface area contributed by atoms with Gasteiger partial charge >= 0.3 is 5.97 Å². The molecule has 0 aromatic heterocycles. The molecule has 0 bridgehead atoms. The minimum Gasteiger partial charge on any atom is -0.457 e. The lowest BCUT2D eigenvalue weighted by Gasteiger charge is -2.03. The SMILES string of the molecule is C=CCOC(=O)/C(C#N)=C/c1cc(Cl)c2c(c1)OCO2. The maximum Gasteiger partial charge on any atom is 0.349 e. The van der Waals surface area contributed by atoms with E-state index in [-0.39, 0.29) is 19.0 Å². The summed E-state index contributed by atoms with van der Waals surface area (Å²) in [6, 6.07) is 4.99. The van der Waals surface area contributed by atoms with Crippen LogP contribution in [-0.4, -0.2) is 19.4 Å². The third kappa shape index (κ3) is 2.92. The van der Waals surface area contributed by atoms with E-state index in [1.54, 1.807) is 18.2 Å². The van der Waals surface area contributed by atoms with Gasteiger partial charge in [0.1, 0.15) is 18.2 Å². The molecule has 1 aliphatic rings. The fourth-order valence-corrected chi connectivity index (χ4v) is 1.86. The molecular weight excluding hydrogens is 282 g/mol. The van der Waals surface area contributed by atoms with Crippen molar-refractivity contribution >= 4 is 23.6 Å². The zero-order valence-corrected chi connectivity index (χ0v) is 11.1. The highest BCUT2D eigenvalue weighted by Crippen LogP contribution is 2.40. The Morgan fingerprint density at radius 1 is 1.55 bits per heavy atom. The van der Waals surface area contributed by atoms with Crippen molar-refractivity contribution in [2.75, 3.05) is 13.4 Å². The summed E-state index contributed by atoms with van der Waals surface area (Å²) in [4.78, 5) is 11.6. The Balaban J connectivity index is 2.29. The van der Waals surface area contributed by atoms with Crippen molar-refractivity contribution < 1.29 is 19.0 Å². The molecule has 102 valence electrons. The van der Waals surface area contributed by atoms with Gasteiger partial charge in [0.15, 0.2) is 11.5 Å². The molecule has 6 heteroatoms. The van der Waals surface area contributed by atoms with Crippen molar-refractivity contribution in [3.8, 4) is 17.6 Å². The fraction of sp³-hybridized carbons (Fsp3) is 0.143. The highest BCUT2D eigenvalue weighted by atomic mass is 35.5. The number of benzene rings is 1. The van der Waals surface area contributed by atoms with Gasteiger partial charge in [-0.1, -0.05) is 24.3 Å². The van der Waals surface area contributed by atoms with E-state index in [0.717, 1.165) is 0 Å². The van der Waals surface area contributed by atoms with E-state index in [9.17, 15) is 4.79 Å². The molecule has 1 aliphatic heterocycles. The van der Waals surface area contributed by atoms with E-state index in [2.05, 4.69) is 6.58 Å². The number of nitrogens with zero attached hydrogens (tertiary/aromatic N) is 1. The zero-order chi connectivity index (χ0) is 14.5. The van der Waals surface area contributed by atoms with Crippen molar-refractivity contribution in [3.05, 3.63) is 40.9 Å². The Bertz CT molecular complexity index is 631. The van der Waals surface area contributed by atoms with E-state index in [1.807, 2.05) is 0 Å². The standard InChI is InChI=1S/C14H10ClNO4/c1-2-3-18-14(17)10(7-16)4-9-5-11(15)13-12(6-9)19-8-20-13/h2,4-6H,1,3,8H2/b10-4+. The number of carbonyl (C=O) groups excluding carboxylic acids is 1. The summed E-state index contributed by atoms with van der Waals surface area (Å²) in [5.41, 5.74) is 0.410. The van der Waals surface area contributed by atoms with Gasteiger partial charge in [-0.05, 0) is 23.8 Å². The molecule has 0 saturated heterocycles. The molecule has 20 heavy (non-hydrogen) atoms. The third-order valence-corrected chi connectivity index (χ3v) is 2.71. The van der Waals surface area contributed by atoms with Crippen LogP contribution in [-0.2, 0) is 9.53 Å². The summed E-state index contributed by atoms with van der Waals surface area (Å²) in [7, 11) is 0. The van der Waals surface area contributed by atoms with Crippen LogP contribution in [0.5, 0.6) is 11.5 Å². The summed E-state index contributed by atoms with van der Waals surface area (Å²) >= 11 is 6.02. The summed E-state index contributed by atoms with van der Waals surface area (Å²) in [6.07, 6.45) is 2.80. The Morgan fingerprint density at radius 2 is 2.35 bits per heavy atom. The van der Waals surface area contributed by atoms with Crippen LogP contribution in [0.3, 0.4) is 0 Å². The van der Waals surface area contributed by atoms with Crippen LogP contribution in [0.15, 0.2) is 30.4 Å². The first-order valence-corrected chi connectivity index (χ1v) is 6.02. The van der Waals surface area contributed by atoms with Gasteiger partial charge in [0.05, 0.1) is 5.02 Å². The van der Waals surface area contributed by atoms with Crippen molar-refractivity contribution in [1.82, 2.24) is 0 Å². The predicted octanol–water partition coefficient (Wildman–Crippen LogP) is 2.70. The van der Waals surface area contributed by atoms with Crippen molar-refractivity contribution in [2.45, 2.75) is 0 Å². The van der Waals surface area contributed by atoms with Gasteiger partial charge in [0.25, 0.3) is 0 Å². The first-order valence-electron chi connectivity index (χ1n) is 5.64.